The SMILES string of the molecule is CN(C[C@H]1C(O)CC(O)[C@@H]1COCc1ccc(C(=O)O)s1)c1ccc(Cl)cc1. The zero-order valence-electron chi connectivity index (χ0n) is 15.5. The van der Waals surface area contributed by atoms with E-state index in [2.05, 4.69) is 0 Å². The molecule has 1 heterocycles. The topological polar surface area (TPSA) is 90.2 Å². The summed E-state index contributed by atoms with van der Waals surface area (Å²) in [6.45, 7) is 1.17. The molecule has 0 aliphatic heterocycles. The number of rotatable bonds is 8. The summed E-state index contributed by atoms with van der Waals surface area (Å²) in [6.07, 6.45) is -0.898. The van der Waals surface area contributed by atoms with Gasteiger partial charge in [0, 0.05) is 41.0 Å². The average Bonchev–Trinajstić information content (AvgIpc) is 3.22. The molecule has 1 aliphatic rings. The molecule has 0 amide bonds. The van der Waals surface area contributed by atoms with Crippen molar-refractivity contribution in [3.05, 3.63) is 51.2 Å². The lowest BCUT2D eigenvalue weighted by Gasteiger charge is -2.29. The molecule has 8 heteroatoms. The van der Waals surface area contributed by atoms with Crippen LogP contribution in [0.5, 0.6) is 0 Å². The average molecular weight is 426 g/mol. The molecule has 28 heavy (non-hydrogen) atoms. The third-order valence-corrected chi connectivity index (χ3v) is 6.50. The van der Waals surface area contributed by atoms with Crippen LogP contribution in [0.3, 0.4) is 0 Å². The summed E-state index contributed by atoms with van der Waals surface area (Å²) in [6, 6.07) is 10.8. The first-order valence-corrected chi connectivity index (χ1v) is 10.3. The van der Waals surface area contributed by atoms with Gasteiger partial charge in [-0.05, 0) is 42.8 Å². The Kier molecular flexibility index (Phi) is 6.95. The Morgan fingerprint density at radius 1 is 1.18 bits per heavy atom. The van der Waals surface area contributed by atoms with Crippen molar-refractivity contribution in [2.24, 2.45) is 11.8 Å². The van der Waals surface area contributed by atoms with E-state index in [9.17, 15) is 15.0 Å². The van der Waals surface area contributed by atoms with E-state index < -0.39 is 18.2 Å². The van der Waals surface area contributed by atoms with Crippen LogP contribution in [-0.4, -0.2) is 53.7 Å². The summed E-state index contributed by atoms with van der Waals surface area (Å²) in [5, 5.41) is 30.4. The van der Waals surface area contributed by atoms with Crippen molar-refractivity contribution < 1.29 is 24.9 Å². The summed E-state index contributed by atoms with van der Waals surface area (Å²) in [5.74, 6) is -1.27. The van der Waals surface area contributed by atoms with Gasteiger partial charge in [-0.2, -0.15) is 0 Å². The minimum atomic E-state index is -0.948. The third-order valence-electron chi connectivity index (χ3n) is 5.20. The molecule has 1 aromatic carbocycles. The van der Waals surface area contributed by atoms with Gasteiger partial charge in [-0.1, -0.05) is 11.6 Å². The zero-order valence-corrected chi connectivity index (χ0v) is 17.1. The fourth-order valence-electron chi connectivity index (χ4n) is 3.64. The van der Waals surface area contributed by atoms with Crippen molar-refractivity contribution >= 4 is 34.6 Å². The fraction of sp³-hybridized carbons (Fsp3) is 0.450. The van der Waals surface area contributed by atoms with E-state index in [1.807, 2.05) is 36.2 Å². The van der Waals surface area contributed by atoms with E-state index in [-0.39, 0.29) is 23.3 Å². The first-order valence-electron chi connectivity index (χ1n) is 9.07. The number of anilines is 1. The van der Waals surface area contributed by atoms with Crippen LogP contribution in [0.2, 0.25) is 5.02 Å². The predicted molar refractivity (Wildman–Crippen MR) is 109 cm³/mol. The number of carboxylic acids is 1. The minimum absolute atomic E-state index is 0.131. The normalized spacial score (nSPS) is 24.4. The molecule has 2 unspecified atom stereocenters. The van der Waals surface area contributed by atoms with Crippen LogP contribution in [0.4, 0.5) is 5.69 Å². The molecule has 3 N–H and O–H groups in total. The molecule has 6 nitrogen and oxygen atoms in total. The van der Waals surface area contributed by atoms with E-state index in [1.54, 1.807) is 12.1 Å². The molecule has 0 bridgehead atoms. The predicted octanol–water partition coefficient (Wildman–Crippen LogP) is 3.11. The summed E-state index contributed by atoms with van der Waals surface area (Å²) in [5.41, 5.74) is 0.984. The molecule has 0 saturated heterocycles. The second-order valence-corrected chi connectivity index (χ2v) is 8.75. The maximum absolute atomic E-state index is 11.0. The van der Waals surface area contributed by atoms with Gasteiger partial charge in [0.05, 0.1) is 25.4 Å². The number of ether oxygens (including phenoxy) is 1. The van der Waals surface area contributed by atoms with Gasteiger partial charge < -0.3 is 25.0 Å². The van der Waals surface area contributed by atoms with Gasteiger partial charge >= 0.3 is 5.97 Å². The number of carbonyl (C=O) groups is 1. The highest BCUT2D eigenvalue weighted by molar-refractivity contribution is 7.13. The second-order valence-electron chi connectivity index (χ2n) is 7.14. The Morgan fingerprint density at radius 3 is 2.50 bits per heavy atom. The van der Waals surface area contributed by atoms with Crippen LogP contribution >= 0.6 is 22.9 Å². The van der Waals surface area contributed by atoms with Crippen molar-refractivity contribution in [3.8, 4) is 0 Å². The van der Waals surface area contributed by atoms with E-state index in [4.69, 9.17) is 21.4 Å². The lowest BCUT2D eigenvalue weighted by Crippen LogP contribution is -2.36. The molecule has 4 atom stereocenters. The minimum Gasteiger partial charge on any atom is -0.477 e. The Morgan fingerprint density at radius 2 is 1.86 bits per heavy atom. The maximum atomic E-state index is 11.0. The Labute approximate surface area is 172 Å². The smallest absolute Gasteiger partial charge is 0.345 e. The van der Waals surface area contributed by atoms with Crippen LogP contribution < -0.4 is 4.90 Å². The molecule has 1 aromatic heterocycles. The van der Waals surface area contributed by atoms with Crippen LogP contribution in [0.15, 0.2) is 36.4 Å². The number of hydrogen-bond donors (Lipinski definition) is 3. The molecule has 1 saturated carbocycles. The molecule has 2 aromatic rings. The van der Waals surface area contributed by atoms with Crippen LogP contribution in [0, 0.1) is 11.8 Å². The van der Waals surface area contributed by atoms with E-state index in [1.165, 1.54) is 11.3 Å². The molecule has 0 radical (unpaired) electrons. The Bertz CT molecular complexity index is 796. The monoisotopic (exact) mass is 425 g/mol. The lowest BCUT2D eigenvalue weighted by atomic mass is 9.93. The van der Waals surface area contributed by atoms with E-state index >= 15 is 0 Å². The number of nitrogens with zero attached hydrogens (tertiary/aromatic N) is 1. The highest BCUT2D eigenvalue weighted by atomic mass is 35.5. The first kappa shape index (κ1) is 21.1. The number of benzene rings is 1. The first-order chi connectivity index (χ1) is 13.3. The summed E-state index contributed by atoms with van der Waals surface area (Å²) >= 11 is 7.12. The van der Waals surface area contributed by atoms with Crippen LogP contribution in [0.25, 0.3) is 0 Å². The molecule has 152 valence electrons. The quantitative estimate of drug-likeness (QED) is 0.602. The van der Waals surface area contributed by atoms with Crippen molar-refractivity contribution in [1.29, 1.82) is 0 Å². The standard InChI is InChI=1S/C20H24ClNO5S/c1-22(13-4-2-12(21)3-5-13)9-15-16(18(24)8-17(15)23)11-27-10-14-6-7-19(28-14)20(25)26/h2-7,15-18,23-24H,8-11H2,1H3,(H,25,26)/t15-,16-,17?,18?/m1/s1. The maximum Gasteiger partial charge on any atom is 0.345 e. The van der Waals surface area contributed by atoms with Crippen molar-refractivity contribution in [3.63, 3.8) is 0 Å². The second kappa shape index (κ2) is 9.24. The van der Waals surface area contributed by atoms with E-state index in [0.29, 0.717) is 24.6 Å². The Balaban J connectivity index is 1.58. The van der Waals surface area contributed by atoms with Crippen molar-refractivity contribution in [2.45, 2.75) is 25.2 Å². The lowest BCUT2D eigenvalue weighted by molar-refractivity contribution is 0.0194. The van der Waals surface area contributed by atoms with Crippen LogP contribution in [-0.2, 0) is 11.3 Å². The highest BCUT2D eigenvalue weighted by Crippen LogP contribution is 2.34. The number of hydrogen-bond acceptors (Lipinski definition) is 6. The van der Waals surface area contributed by atoms with Gasteiger partial charge in [0.15, 0.2) is 0 Å². The number of aliphatic hydroxyl groups is 2. The number of thiophene rings is 1. The summed E-state index contributed by atoms with van der Waals surface area (Å²) in [4.78, 5) is 14.1. The molecule has 1 fully saturated rings. The van der Waals surface area contributed by atoms with Gasteiger partial charge in [-0.3, -0.25) is 0 Å². The van der Waals surface area contributed by atoms with Gasteiger partial charge in [-0.15, -0.1) is 11.3 Å². The Hall–Kier alpha value is -1.64. The van der Waals surface area contributed by atoms with Gasteiger partial charge in [-0.25, -0.2) is 4.79 Å². The molecule has 3 rings (SSSR count). The van der Waals surface area contributed by atoms with Crippen molar-refractivity contribution in [2.75, 3.05) is 25.1 Å². The highest BCUT2D eigenvalue weighted by Gasteiger charge is 2.42. The van der Waals surface area contributed by atoms with E-state index in [0.717, 1.165) is 10.6 Å². The number of aliphatic hydroxyl groups excluding tert-OH is 2. The van der Waals surface area contributed by atoms with Gasteiger partial charge in [0.1, 0.15) is 4.88 Å². The van der Waals surface area contributed by atoms with Gasteiger partial charge in [0.25, 0.3) is 0 Å². The van der Waals surface area contributed by atoms with Crippen LogP contribution in [0.1, 0.15) is 21.0 Å². The zero-order chi connectivity index (χ0) is 20.3. The largest absolute Gasteiger partial charge is 0.477 e. The number of aromatic carboxylic acids is 1. The molecular weight excluding hydrogens is 402 g/mol. The summed E-state index contributed by atoms with van der Waals surface area (Å²) in [7, 11) is 1.94. The number of halogens is 1. The number of carboxylic acid groups (broad SMARTS) is 1. The summed E-state index contributed by atoms with van der Waals surface area (Å²) < 4.78 is 5.76. The fourth-order valence-corrected chi connectivity index (χ4v) is 4.55. The molecule has 0 spiro atoms. The van der Waals surface area contributed by atoms with Gasteiger partial charge in [0.2, 0.25) is 0 Å². The third kappa shape index (κ3) is 5.04. The van der Waals surface area contributed by atoms with Crippen molar-refractivity contribution in [1.82, 2.24) is 0 Å². The molecule has 1 aliphatic carbocycles. The molecular formula is C20H24ClNO5S.